The number of hydrogen-bond acceptors (Lipinski definition) is 8. The summed E-state index contributed by atoms with van der Waals surface area (Å²) in [6.07, 6.45) is 0. The molecule has 8 nitrogen and oxygen atoms in total. The van der Waals surface area contributed by atoms with Crippen LogP contribution in [0.3, 0.4) is 0 Å². The van der Waals surface area contributed by atoms with Gasteiger partial charge in [0.05, 0.1) is 25.9 Å². The minimum absolute atomic E-state index is 0.534. The normalized spacial score (nSPS) is 15.9. The molecular weight excluding hydrogens is 346 g/mol. The van der Waals surface area contributed by atoms with E-state index in [1.54, 1.807) is 7.11 Å². The van der Waals surface area contributed by atoms with Crippen molar-refractivity contribution in [3.63, 3.8) is 0 Å². The van der Waals surface area contributed by atoms with E-state index in [9.17, 15) is 0 Å². The zero-order chi connectivity index (χ0) is 18.6. The lowest BCUT2D eigenvalue weighted by Crippen LogP contribution is -2.45. The van der Waals surface area contributed by atoms with Crippen LogP contribution in [0.4, 0.5) is 0 Å². The Morgan fingerprint density at radius 2 is 1.67 bits per heavy atom. The van der Waals surface area contributed by atoms with Crippen molar-refractivity contribution in [1.29, 1.82) is 0 Å². The van der Waals surface area contributed by atoms with Gasteiger partial charge in [0.2, 0.25) is 0 Å². The lowest BCUT2D eigenvalue weighted by atomic mass is 10.2. The highest BCUT2D eigenvalue weighted by molar-refractivity contribution is 5.54. The first-order valence-electron chi connectivity index (χ1n) is 9.03. The van der Waals surface area contributed by atoms with E-state index in [4.69, 9.17) is 13.8 Å². The highest BCUT2D eigenvalue weighted by Crippen LogP contribution is 2.21. The van der Waals surface area contributed by atoms with Crippen molar-refractivity contribution in [3.8, 4) is 17.2 Å². The molecular formula is C19H23N5O3. The Balaban J connectivity index is 1.29. The van der Waals surface area contributed by atoms with Gasteiger partial charge < -0.3 is 13.8 Å². The van der Waals surface area contributed by atoms with Gasteiger partial charge in [-0.05, 0) is 31.2 Å². The highest BCUT2D eigenvalue weighted by atomic mass is 16.5. The molecule has 0 spiro atoms. The second-order valence-corrected chi connectivity index (χ2v) is 6.73. The summed E-state index contributed by atoms with van der Waals surface area (Å²) >= 11 is 0. The number of rotatable bonds is 6. The van der Waals surface area contributed by atoms with Gasteiger partial charge in [0, 0.05) is 37.8 Å². The lowest BCUT2D eigenvalue weighted by molar-refractivity contribution is 0.111. The number of methoxy groups -OCH3 is 1. The Bertz CT molecular complexity index is 866. The van der Waals surface area contributed by atoms with Crippen LogP contribution in [0.2, 0.25) is 0 Å². The van der Waals surface area contributed by atoms with Crippen molar-refractivity contribution in [3.05, 3.63) is 47.6 Å². The number of aryl methyl sites for hydroxylation is 1. The van der Waals surface area contributed by atoms with Crippen LogP contribution in [-0.2, 0) is 13.1 Å². The van der Waals surface area contributed by atoms with Crippen molar-refractivity contribution in [2.24, 2.45) is 0 Å². The molecule has 0 bridgehead atoms. The smallest absolute Gasteiger partial charge is 0.257 e. The van der Waals surface area contributed by atoms with E-state index in [1.165, 1.54) is 0 Å². The average molecular weight is 369 g/mol. The third-order valence-electron chi connectivity index (χ3n) is 4.69. The van der Waals surface area contributed by atoms with Crippen molar-refractivity contribution < 1.29 is 13.8 Å². The summed E-state index contributed by atoms with van der Waals surface area (Å²) in [7, 11) is 1.64. The summed E-state index contributed by atoms with van der Waals surface area (Å²) in [6, 6.07) is 9.59. The first-order valence-corrected chi connectivity index (χ1v) is 9.03. The van der Waals surface area contributed by atoms with Crippen LogP contribution in [0.25, 0.3) is 11.5 Å². The number of piperazine rings is 1. The Morgan fingerprint density at radius 1 is 0.963 bits per heavy atom. The molecule has 0 unspecified atom stereocenters. The topological polar surface area (TPSA) is 80.7 Å². The van der Waals surface area contributed by atoms with Gasteiger partial charge in [-0.25, -0.2) is 0 Å². The highest BCUT2D eigenvalue weighted by Gasteiger charge is 2.20. The Kier molecular flexibility index (Phi) is 5.17. The predicted molar refractivity (Wildman–Crippen MR) is 98.1 cm³/mol. The van der Waals surface area contributed by atoms with E-state index in [-0.39, 0.29) is 0 Å². The fourth-order valence-electron chi connectivity index (χ4n) is 3.19. The fraction of sp³-hybridized carbons (Fsp3) is 0.421. The van der Waals surface area contributed by atoms with Crippen LogP contribution in [0.5, 0.6) is 5.75 Å². The molecule has 0 aliphatic carbocycles. The van der Waals surface area contributed by atoms with Crippen molar-refractivity contribution in [1.82, 2.24) is 25.1 Å². The van der Waals surface area contributed by atoms with Gasteiger partial charge in [-0.1, -0.05) is 10.3 Å². The van der Waals surface area contributed by atoms with E-state index in [2.05, 4.69) is 25.1 Å². The molecule has 3 heterocycles. The van der Waals surface area contributed by atoms with E-state index in [0.29, 0.717) is 18.3 Å². The summed E-state index contributed by atoms with van der Waals surface area (Å²) in [5.74, 6) is 2.97. The molecule has 3 aromatic rings. The maximum atomic E-state index is 5.41. The molecule has 2 aromatic heterocycles. The summed E-state index contributed by atoms with van der Waals surface area (Å²) in [4.78, 5) is 9.23. The largest absolute Gasteiger partial charge is 0.497 e. The molecule has 0 amide bonds. The number of benzene rings is 1. The van der Waals surface area contributed by atoms with E-state index in [1.807, 2.05) is 37.3 Å². The number of ether oxygens (including phenoxy) is 1. The van der Waals surface area contributed by atoms with Gasteiger partial charge in [-0.15, -0.1) is 0 Å². The Labute approximate surface area is 157 Å². The number of nitrogens with zero attached hydrogens (tertiary/aromatic N) is 5. The summed E-state index contributed by atoms with van der Waals surface area (Å²) < 4.78 is 15.9. The van der Waals surface area contributed by atoms with Crippen LogP contribution >= 0.6 is 0 Å². The summed E-state index contributed by atoms with van der Waals surface area (Å²) in [6.45, 7) is 7.30. The molecule has 1 aliphatic rings. The molecule has 8 heteroatoms. The molecule has 0 N–H and O–H groups in total. The van der Waals surface area contributed by atoms with Gasteiger partial charge in [0.1, 0.15) is 5.75 Å². The second-order valence-electron chi connectivity index (χ2n) is 6.73. The minimum atomic E-state index is 0.534. The third kappa shape index (κ3) is 4.35. The number of aromatic nitrogens is 3. The van der Waals surface area contributed by atoms with Gasteiger partial charge >= 0.3 is 0 Å². The van der Waals surface area contributed by atoms with Crippen LogP contribution in [0, 0.1) is 6.92 Å². The first kappa shape index (κ1) is 17.7. The standard InChI is InChI=1S/C19H23N5O3/c1-14-11-17(26-21-14)12-23-7-9-24(10-8-23)13-18-20-19(27-22-18)15-3-5-16(25-2)6-4-15/h3-6,11H,7-10,12-13H2,1-2H3. The molecule has 1 saturated heterocycles. The van der Waals surface area contributed by atoms with Gasteiger partial charge in [-0.3, -0.25) is 9.80 Å². The molecule has 142 valence electrons. The fourth-order valence-corrected chi connectivity index (χ4v) is 3.19. The van der Waals surface area contributed by atoms with E-state index < -0.39 is 0 Å². The quantitative estimate of drug-likeness (QED) is 0.655. The van der Waals surface area contributed by atoms with Crippen LogP contribution in [-0.4, -0.2) is 58.4 Å². The zero-order valence-corrected chi connectivity index (χ0v) is 15.6. The van der Waals surface area contributed by atoms with Crippen LogP contribution < -0.4 is 4.74 Å². The van der Waals surface area contributed by atoms with Crippen molar-refractivity contribution in [2.75, 3.05) is 33.3 Å². The lowest BCUT2D eigenvalue weighted by Gasteiger charge is -2.33. The van der Waals surface area contributed by atoms with Crippen LogP contribution in [0.1, 0.15) is 17.3 Å². The van der Waals surface area contributed by atoms with E-state index >= 15 is 0 Å². The monoisotopic (exact) mass is 369 g/mol. The molecule has 4 rings (SSSR count). The molecule has 1 aliphatic heterocycles. The number of hydrogen-bond donors (Lipinski definition) is 0. The average Bonchev–Trinajstić information content (AvgIpc) is 3.32. The second kappa shape index (κ2) is 7.89. The SMILES string of the molecule is COc1ccc(-c2nc(CN3CCN(Cc4cc(C)no4)CC3)no2)cc1. The Morgan fingerprint density at radius 3 is 2.30 bits per heavy atom. The Hall–Kier alpha value is -2.71. The minimum Gasteiger partial charge on any atom is -0.497 e. The maximum Gasteiger partial charge on any atom is 0.257 e. The van der Waals surface area contributed by atoms with Gasteiger partial charge in [-0.2, -0.15) is 4.98 Å². The maximum absolute atomic E-state index is 5.41. The van der Waals surface area contributed by atoms with Crippen molar-refractivity contribution in [2.45, 2.75) is 20.0 Å². The molecule has 1 aromatic carbocycles. The molecule has 0 radical (unpaired) electrons. The molecule has 1 fully saturated rings. The van der Waals surface area contributed by atoms with Crippen LogP contribution in [0.15, 0.2) is 39.4 Å². The van der Waals surface area contributed by atoms with Crippen molar-refractivity contribution >= 4 is 0 Å². The zero-order valence-electron chi connectivity index (χ0n) is 15.6. The third-order valence-corrected chi connectivity index (χ3v) is 4.69. The van der Waals surface area contributed by atoms with E-state index in [0.717, 1.165) is 55.5 Å². The molecule has 0 atom stereocenters. The summed E-state index contributed by atoms with van der Waals surface area (Å²) in [5, 5.41) is 8.07. The van der Waals surface area contributed by atoms with Gasteiger partial charge in [0.15, 0.2) is 11.6 Å². The summed E-state index contributed by atoms with van der Waals surface area (Å²) in [5.41, 5.74) is 1.81. The molecule has 0 saturated carbocycles. The predicted octanol–water partition coefficient (Wildman–Crippen LogP) is 2.36. The first-order chi connectivity index (χ1) is 13.2. The molecule has 27 heavy (non-hydrogen) atoms. The van der Waals surface area contributed by atoms with Gasteiger partial charge in [0.25, 0.3) is 5.89 Å².